The average Bonchev–Trinajstić information content (AvgIpc) is 1.45. The van der Waals surface area contributed by atoms with Crippen molar-refractivity contribution < 1.29 is 0 Å². The average molecular weight is 1820 g/mol. The summed E-state index contributed by atoms with van der Waals surface area (Å²) in [6, 6.07) is 143. The summed E-state index contributed by atoms with van der Waals surface area (Å²) < 4.78 is 10.3. The van der Waals surface area contributed by atoms with Gasteiger partial charge >= 0.3 is 474 Å². The van der Waals surface area contributed by atoms with Gasteiger partial charge in [-0.2, -0.15) is 0 Å². The molecule has 12 aliphatic heterocycles. The monoisotopic (exact) mass is 1820 g/mol. The van der Waals surface area contributed by atoms with Gasteiger partial charge in [0.25, 0.3) is 0 Å². The van der Waals surface area contributed by atoms with Gasteiger partial charge in [-0.25, -0.2) is 0 Å². The Balaban J connectivity index is 0.0000000868. The van der Waals surface area contributed by atoms with Crippen LogP contribution in [-0.4, -0.2) is 85.1 Å². The van der Waals surface area contributed by atoms with Crippen LogP contribution in [0.5, 0.6) is 0 Å². The molecule has 2 radical (unpaired) electrons. The van der Waals surface area contributed by atoms with Crippen molar-refractivity contribution in [3.63, 3.8) is 0 Å². The molecule has 4 aromatic heterocycles. The minimum Gasteiger partial charge on any atom is -0.310 e. The second-order valence-electron chi connectivity index (χ2n) is 46.0. The van der Waals surface area contributed by atoms with Crippen molar-refractivity contribution in [1.82, 2.24) is 18.3 Å². The van der Waals surface area contributed by atoms with E-state index in [0.29, 0.717) is 13.4 Å². The molecule has 18 heteroatoms. The molecule has 18 aromatic carbocycles. The molecule has 6 nitrogen and oxygen atoms in total. The summed E-state index contributed by atoms with van der Waals surface area (Å²) in [6.07, 6.45) is -2.62. The van der Waals surface area contributed by atoms with E-state index in [0.717, 1.165) is 12.4 Å². The largest absolute Gasteiger partial charge is 0.310 e. The minimum absolute atomic E-state index is 0.0112. The van der Waals surface area contributed by atoms with Crippen molar-refractivity contribution in [2.24, 2.45) is 0 Å². The zero-order valence-corrected chi connectivity index (χ0v) is 82.9. The standard InChI is InChI=1S/2C33H27B4N2P.2C28H22BN/c1-33(2)25-14-7-8-16-27(25)36-28-20-22(40(34-37(40)35-40)38-21-11-4-3-5-12-21)19-24-23-13-6-9-17-29(23)39(32(24)28)30-18-10-15-26(33)31(30)36;1-33(2)23-14-7-8-16-25(23)36-26-19-20-29(40(34-37(40)35-40)38-21-11-4-3-5-12-21)30-22-13-6-9-17-27(22)39(32(26)30)28-18-10-15-24(33)31(28)36;1-17-9-6-10-18-19-11-7-15-23-27(19)30(26(17)18)24-16-8-13-21-25(24)29(23)22-14-5-4-12-20(22)28(21,2)3;1-17-14-15-18-19-8-6-12-23-27(19)30(25(18)16-17)24-13-7-10-21-26(24)29(23)22-11-5-4-9-20(22)28(21,2)3/h2*3-20,38H,34H2,1-2H3;2*4-16H,1-3H3/q2*-1;;. The summed E-state index contributed by atoms with van der Waals surface area (Å²) in [5, 5.41) is 22.8. The predicted molar refractivity (Wildman–Crippen MR) is 619 cm³/mol. The fraction of sp³-hybridized carbons (Fsp3) is 0.115. The molecular weight excluding hydrogens is 1720 g/mol. The van der Waals surface area contributed by atoms with Crippen molar-refractivity contribution in [1.29, 1.82) is 0 Å². The fourth-order valence-corrected chi connectivity index (χ4v) is 45.0. The molecule has 16 heterocycles. The van der Waals surface area contributed by atoms with Crippen molar-refractivity contribution in [3.05, 3.63) is 432 Å². The summed E-state index contributed by atoms with van der Waals surface area (Å²) in [5.41, 5.74) is 50.9. The smallest absolute Gasteiger partial charge is 0.247 e. The van der Waals surface area contributed by atoms with Crippen molar-refractivity contribution in [2.75, 3.05) is 10.2 Å². The van der Waals surface area contributed by atoms with Gasteiger partial charge in [-0.1, -0.05) is 178 Å². The van der Waals surface area contributed by atoms with Crippen molar-refractivity contribution in [2.45, 2.75) is 90.9 Å². The van der Waals surface area contributed by atoms with Crippen molar-refractivity contribution >= 4 is 254 Å². The molecule has 4 fully saturated rings. The number of aromatic nitrogens is 4. The number of fused-ring (bicyclic) bond motifs is 30. The Bertz CT molecular complexity index is 9440. The number of aryl methyl sites for hydroxylation is 2. The first-order valence-corrected chi connectivity index (χ1v) is 57.0. The molecule has 0 unspecified atom stereocenters. The molecule has 22 aromatic rings. The van der Waals surface area contributed by atoms with E-state index in [-0.39, 0.29) is 48.9 Å². The summed E-state index contributed by atoms with van der Waals surface area (Å²) in [4.78, 5) is 0. The number of nitrogens with zero attached hydrogens (tertiary/aromatic N) is 4. The van der Waals surface area contributed by atoms with Crippen LogP contribution in [0.2, 0.25) is 0 Å². The first kappa shape index (κ1) is 81.1. The van der Waals surface area contributed by atoms with Crippen LogP contribution in [0.4, 0.5) is 11.4 Å². The van der Waals surface area contributed by atoms with Gasteiger partial charge in [-0.05, 0) is 87.3 Å². The zero-order chi connectivity index (χ0) is 93.3. The number of nitrogens with one attached hydrogen (secondary N) is 2. The third-order valence-electron chi connectivity index (χ3n) is 37.8. The Labute approximate surface area is 821 Å². The molecule has 0 atom stereocenters. The zero-order valence-electron chi connectivity index (χ0n) is 81.1. The van der Waals surface area contributed by atoms with Gasteiger partial charge in [0.1, 0.15) is 0 Å². The maximum atomic E-state index is 4.23. The van der Waals surface area contributed by atoms with Crippen LogP contribution in [0.15, 0.2) is 376 Å². The molecule has 0 spiro atoms. The van der Waals surface area contributed by atoms with E-state index in [1.165, 1.54) is 243 Å². The van der Waals surface area contributed by atoms with Gasteiger partial charge in [0, 0.05) is 54.8 Å². The van der Waals surface area contributed by atoms with Crippen LogP contribution in [0.1, 0.15) is 111 Å². The van der Waals surface area contributed by atoms with Crippen LogP contribution in [0, 0.1) is 13.8 Å². The van der Waals surface area contributed by atoms with Crippen LogP contribution < -0.4 is 86.3 Å². The Kier molecular flexibility index (Phi) is 15.8. The summed E-state index contributed by atoms with van der Waals surface area (Å²) in [6.45, 7) is 30.1. The number of hydrogen-bond acceptors (Lipinski definition) is 2. The van der Waals surface area contributed by atoms with E-state index >= 15 is 0 Å². The number of rotatable bonds is 6. The maximum Gasteiger partial charge on any atom is 0.247 e. The van der Waals surface area contributed by atoms with Gasteiger partial charge < -0.3 is 9.13 Å². The number of para-hydroxylation sites is 7. The second-order valence-corrected chi connectivity index (χ2v) is 57.6. The van der Waals surface area contributed by atoms with E-state index in [1.54, 1.807) is 10.6 Å². The van der Waals surface area contributed by atoms with Crippen LogP contribution in [-0.2, 0) is 21.7 Å². The molecule has 2 N–H and O–H groups in total. The quantitative estimate of drug-likeness (QED) is 0.129. The topological polar surface area (TPSA) is 43.8 Å². The Morgan fingerprint density at radius 1 is 0.257 bits per heavy atom. The van der Waals surface area contributed by atoms with Crippen molar-refractivity contribution in [3.8, 4) is 22.7 Å². The molecule has 12 aliphatic rings. The Hall–Kier alpha value is -13.7. The summed E-state index contributed by atoms with van der Waals surface area (Å²) in [7, 11) is 0. The molecule has 0 bridgehead atoms. The van der Waals surface area contributed by atoms with Crippen LogP contribution >= 0.6 is 12.8 Å². The van der Waals surface area contributed by atoms with Gasteiger partial charge in [0.15, 0.2) is 0 Å². The summed E-state index contributed by atoms with van der Waals surface area (Å²) in [5.74, 6) is 0. The molecule has 0 saturated carbocycles. The SMILES string of the molecule is CC1(C)c2ccccc2B2c3c(cccc31)-n1c3ccccc3c3c(P45(Nc6ccccc6)[B]B4[BH2-]5)ccc2c31.CC1(C)c2ccccc2B2c3c(cccc31)-n1c3ccccc3c3cc(P45(Nc6ccccc6)[B]B4[BH2-]5)cc2c31.Cc1ccc2c3cccc4c3n(c2c1)-c1cccc2c1B4c1ccccc1C2(C)C.Cc1cccc2c3cccc4c3n(c12)-c1cccc2c1B4c1ccccc1C2(C)C. The molecule has 0 aliphatic carbocycles. The van der Waals surface area contributed by atoms with E-state index in [9.17, 15) is 0 Å². The first-order chi connectivity index (χ1) is 68.2. The number of hydrogen-bond donors (Lipinski definition) is 2. The Morgan fingerprint density at radius 2 is 0.593 bits per heavy atom. The van der Waals surface area contributed by atoms with Gasteiger partial charge in [-0.3, -0.25) is 0 Å². The predicted octanol–water partition coefficient (Wildman–Crippen LogP) is 17.5. The third-order valence-corrected chi connectivity index (χ3v) is 51.2. The molecule has 0 amide bonds. The van der Waals surface area contributed by atoms with E-state index in [1.807, 2.05) is 0 Å². The fourth-order valence-electron chi connectivity index (χ4n) is 30.7. The van der Waals surface area contributed by atoms with Gasteiger partial charge in [0.05, 0.1) is 11.0 Å². The molecule has 658 valence electrons. The van der Waals surface area contributed by atoms with Gasteiger partial charge in [0.2, 0.25) is 13.4 Å². The normalized spacial score (nSPS) is 18.0. The van der Waals surface area contributed by atoms with Crippen LogP contribution in [0.25, 0.3) is 110 Å². The maximum absolute atomic E-state index is 4.23. The Morgan fingerprint density at radius 3 is 1.08 bits per heavy atom. The second kappa shape index (κ2) is 27.3. The molecule has 34 rings (SSSR count). The third kappa shape index (κ3) is 10.1. The molecule has 4 saturated heterocycles. The molecular formula is C122H98B10N6P2-2. The number of benzene rings is 18. The summed E-state index contributed by atoms with van der Waals surface area (Å²) >= 11 is 0. The first-order valence-electron chi connectivity index (χ1n) is 51.3. The van der Waals surface area contributed by atoms with Crippen LogP contribution in [0.3, 0.4) is 0 Å². The van der Waals surface area contributed by atoms with E-state index in [2.05, 4.69) is 488 Å². The van der Waals surface area contributed by atoms with Gasteiger partial charge in [-0.15, -0.1) is 0 Å². The number of anilines is 2. The minimum atomic E-state index is -2.16. The van der Waals surface area contributed by atoms with E-state index < -0.39 is 12.8 Å². The van der Waals surface area contributed by atoms with E-state index in [4.69, 9.17) is 0 Å². The molecule has 140 heavy (non-hydrogen) atoms.